The molecule has 144 valence electrons. The van der Waals surface area contributed by atoms with Crippen LogP contribution in [0.3, 0.4) is 0 Å². The van der Waals surface area contributed by atoms with Crippen LogP contribution in [0.15, 0.2) is 67.0 Å². The standard InChI is InChI=1S/C23H24N2O3/c26-23(28-17-20-6-3-4-15-27-20)22-8-2-1-7-21(22)19-11-9-18(10-12-19)16-25-14-5-13-24-25/h1-2,5,7-14,20H,3-4,6,15-17H2. The molecular weight excluding hydrogens is 352 g/mol. The lowest BCUT2D eigenvalue weighted by molar-refractivity contribution is -0.0300. The van der Waals surface area contributed by atoms with Crippen molar-refractivity contribution in [2.75, 3.05) is 13.2 Å². The number of ether oxygens (including phenoxy) is 2. The summed E-state index contributed by atoms with van der Waals surface area (Å²) in [4.78, 5) is 12.7. The second-order valence-corrected chi connectivity index (χ2v) is 7.03. The predicted octanol–water partition coefficient (Wildman–Crippen LogP) is 4.32. The van der Waals surface area contributed by atoms with E-state index >= 15 is 0 Å². The summed E-state index contributed by atoms with van der Waals surface area (Å²) in [5.74, 6) is -0.301. The minimum absolute atomic E-state index is 0.0199. The third-order valence-electron chi connectivity index (χ3n) is 4.99. The average molecular weight is 376 g/mol. The van der Waals surface area contributed by atoms with Gasteiger partial charge in [0.2, 0.25) is 0 Å². The lowest BCUT2D eigenvalue weighted by Gasteiger charge is -2.22. The van der Waals surface area contributed by atoms with Gasteiger partial charge in [-0.25, -0.2) is 4.79 Å². The molecule has 0 radical (unpaired) electrons. The molecule has 0 N–H and O–H groups in total. The predicted molar refractivity (Wildman–Crippen MR) is 107 cm³/mol. The number of benzene rings is 2. The molecule has 5 heteroatoms. The fourth-order valence-electron chi connectivity index (χ4n) is 3.47. The number of nitrogens with zero attached hydrogens (tertiary/aromatic N) is 2. The minimum atomic E-state index is -0.301. The van der Waals surface area contributed by atoms with Gasteiger partial charge in [-0.15, -0.1) is 0 Å². The van der Waals surface area contributed by atoms with Crippen molar-refractivity contribution in [1.82, 2.24) is 9.78 Å². The molecule has 2 aromatic carbocycles. The summed E-state index contributed by atoms with van der Waals surface area (Å²) in [6.45, 7) is 1.79. The first-order valence-corrected chi connectivity index (χ1v) is 9.74. The van der Waals surface area contributed by atoms with Crippen LogP contribution >= 0.6 is 0 Å². The highest BCUT2D eigenvalue weighted by molar-refractivity contribution is 5.97. The van der Waals surface area contributed by atoms with Gasteiger partial charge in [0.05, 0.1) is 18.2 Å². The van der Waals surface area contributed by atoms with Crippen molar-refractivity contribution >= 4 is 5.97 Å². The van der Waals surface area contributed by atoms with Crippen LogP contribution in [0.2, 0.25) is 0 Å². The lowest BCUT2D eigenvalue weighted by atomic mass is 9.98. The van der Waals surface area contributed by atoms with Gasteiger partial charge >= 0.3 is 5.97 Å². The Kier molecular flexibility index (Phi) is 5.83. The molecule has 28 heavy (non-hydrogen) atoms. The monoisotopic (exact) mass is 376 g/mol. The molecule has 1 unspecified atom stereocenters. The third kappa shape index (κ3) is 4.49. The highest BCUT2D eigenvalue weighted by atomic mass is 16.6. The smallest absolute Gasteiger partial charge is 0.338 e. The second kappa shape index (κ2) is 8.85. The van der Waals surface area contributed by atoms with Gasteiger partial charge in [-0.2, -0.15) is 5.10 Å². The molecule has 1 atom stereocenters. The Hall–Kier alpha value is -2.92. The van der Waals surface area contributed by atoms with E-state index in [1.54, 1.807) is 6.20 Å². The van der Waals surface area contributed by atoms with Crippen molar-refractivity contribution < 1.29 is 14.3 Å². The molecule has 3 aromatic rings. The first kappa shape index (κ1) is 18.4. The SMILES string of the molecule is O=C(OCC1CCCCO1)c1ccccc1-c1ccc(Cn2cccn2)cc1. The largest absolute Gasteiger partial charge is 0.459 e. The van der Waals surface area contributed by atoms with E-state index in [1.807, 2.05) is 53.3 Å². The summed E-state index contributed by atoms with van der Waals surface area (Å²) in [7, 11) is 0. The minimum Gasteiger partial charge on any atom is -0.459 e. The van der Waals surface area contributed by atoms with Crippen molar-refractivity contribution in [1.29, 1.82) is 0 Å². The van der Waals surface area contributed by atoms with Crippen LogP contribution in [-0.4, -0.2) is 35.1 Å². The van der Waals surface area contributed by atoms with Gasteiger partial charge in [0.25, 0.3) is 0 Å². The molecule has 0 spiro atoms. The normalized spacial score (nSPS) is 16.6. The number of carbonyl (C=O) groups is 1. The summed E-state index contributed by atoms with van der Waals surface area (Å²) in [5.41, 5.74) is 3.61. The number of aromatic nitrogens is 2. The molecule has 1 saturated heterocycles. The summed E-state index contributed by atoms with van der Waals surface area (Å²) in [6, 6.07) is 17.7. The molecule has 0 aliphatic carbocycles. The highest BCUT2D eigenvalue weighted by Gasteiger charge is 2.18. The number of hydrogen-bond acceptors (Lipinski definition) is 4. The fourth-order valence-corrected chi connectivity index (χ4v) is 3.47. The molecule has 2 heterocycles. The summed E-state index contributed by atoms with van der Waals surface area (Å²) in [5, 5.41) is 4.23. The van der Waals surface area contributed by atoms with Gasteiger partial charge < -0.3 is 9.47 Å². The Bertz CT molecular complexity index is 898. The van der Waals surface area contributed by atoms with E-state index < -0.39 is 0 Å². The molecule has 1 aliphatic heterocycles. The number of carbonyl (C=O) groups excluding carboxylic acids is 1. The molecule has 4 rings (SSSR count). The van der Waals surface area contributed by atoms with Crippen molar-refractivity contribution in [3.63, 3.8) is 0 Å². The molecule has 0 amide bonds. The number of esters is 1. The highest BCUT2D eigenvalue weighted by Crippen LogP contribution is 2.25. The summed E-state index contributed by atoms with van der Waals surface area (Å²) in [6.07, 6.45) is 6.90. The van der Waals surface area contributed by atoms with Crippen LogP contribution in [0, 0.1) is 0 Å². The topological polar surface area (TPSA) is 53.4 Å². The van der Waals surface area contributed by atoms with Gasteiger partial charge in [-0.05, 0) is 48.1 Å². The van der Waals surface area contributed by atoms with Crippen LogP contribution in [0.1, 0.15) is 35.2 Å². The van der Waals surface area contributed by atoms with Crippen LogP contribution in [0.5, 0.6) is 0 Å². The molecular formula is C23H24N2O3. The van der Waals surface area contributed by atoms with E-state index in [2.05, 4.69) is 17.2 Å². The quantitative estimate of drug-likeness (QED) is 0.601. The Morgan fingerprint density at radius 2 is 1.96 bits per heavy atom. The first-order chi connectivity index (χ1) is 13.8. The third-order valence-corrected chi connectivity index (χ3v) is 4.99. The molecule has 1 fully saturated rings. The molecule has 1 aromatic heterocycles. The Morgan fingerprint density at radius 3 is 2.71 bits per heavy atom. The van der Waals surface area contributed by atoms with Gasteiger partial charge in [0.1, 0.15) is 6.61 Å². The van der Waals surface area contributed by atoms with Gasteiger partial charge in [0, 0.05) is 19.0 Å². The van der Waals surface area contributed by atoms with Crippen LogP contribution in [0.25, 0.3) is 11.1 Å². The molecule has 0 saturated carbocycles. The number of rotatable bonds is 6. The van der Waals surface area contributed by atoms with Gasteiger partial charge in [0.15, 0.2) is 0 Å². The van der Waals surface area contributed by atoms with Crippen molar-refractivity contribution in [3.8, 4) is 11.1 Å². The zero-order chi connectivity index (χ0) is 19.2. The maximum Gasteiger partial charge on any atom is 0.338 e. The van der Waals surface area contributed by atoms with E-state index in [-0.39, 0.29) is 12.1 Å². The number of hydrogen-bond donors (Lipinski definition) is 0. The first-order valence-electron chi connectivity index (χ1n) is 9.74. The zero-order valence-corrected chi connectivity index (χ0v) is 15.8. The van der Waals surface area contributed by atoms with E-state index in [1.165, 1.54) is 0 Å². The Morgan fingerprint density at radius 1 is 1.11 bits per heavy atom. The molecule has 0 bridgehead atoms. The van der Waals surface area contributed by atoms with Crippen molar-refractivity contribution in [3.05, 3.63) is 78.1 Å². The van der Waals surface area contributed by atoms with Crippen LogP contribution in [0.4, 0.5) is 0 Å². The summed E-state index contributed by atoms with van der Waals surface area (Å²) < 4.78 is 13.1. The van der Waals surface area contributed by atoms with Gasteiger partial charge in [-0.1, -0.05) is 42.5 Å². The lowest BCUT2D eigenvalue weighted by Crippen LogP contribution is -2.26. The second-order valence-electron chi connectivity index (χ2n) is 7.03. The van der Waals surface area contributed by atoms with Crippen LogP contribution in [-0.2, 0) is 16.0 Å². The van der Waals surface area contributed by atoms with E-state index in [0.29, 0.717) is 12.2 Å². The van der Waals surface area contributed by atoms with Gasteiger partial charge in [-0.3, -0.25) is 4.68 Å². The zero-order valence-electron chi connectivity index (χ0n) is 15.8. The Labute approximate surface area is 164 Å². The van der Waals surface area contributed by atoms with E-state index in [9.17, 15) is 4.79 Å². The maximum absolute atomic E-state index is 12.7. The van der Waals surface area contributed by atoms with E-state index in [0.717, 1.165) is 49.1 Å². The average Bonchev–Trinajstić information content (AvgIpc) is 3.26. The van der Waals surface area contributed by atoms with Crippen LogP contribution < -0.4 is 0 Å². The Balaban J connectivity index is 1.46. The summed E-state index contributed by atoms with van der Waals surface area (Å²) >= 11 is 0. The fraction of sp³-hybridized carbons (Fsp3) is 0.304. The molecule has 1 aliphatic rings. The van der Waals surface area contributed by atoms with Crippen molar-refractivity contribution in [2.24, 2.45) is 0 Å². The molecule has 5 nitrogen and oxygen atoms in total. The van der Waals surface area contributed by atoms with Crippen molar-refractivity contribution in [2.45, 2.75) is 31.9 Å². The maximum atomic E-state index is 12.7. The van der Waals surface area contributed by atoms with E-state index in [4.69, 9.17) is 9.47 Å².